The van der Waals surface area contributed by atoms with Gasteiger partial charge in [-0.2, -0.15) is 0 Å². The van der Waals surface area contributed by atoms with Gasteiger partial charge in [0.05, 0.1) is 6.61 Å². The summed E-state index contributed by atoms with van der Waals surface area (Å²) in [7, 11) is 0. The van der Waals surface area contributed by atoms with E-state index in [0.717, 1.165) is 18.1 Å². The Morgan fingerprint density at radius 3 is 2.41 bits per heavy atom. The van der Waals surface area contributed by atoms with Crippen LogP contribution in [-0.4, -0.2) is 60.4 Å². The van der Waals surface area contributed by atoms with E-state index in [4.69, 9.17) is 4.74 Å². The van der Waals surface area contributed by atoms with E-state index in [2.05, 4.69) is 5.32 Å². The van der Waals surface area contributed by atoms with Crippen LogP contribution in [0.2, 0.25) is 0 Å². The third-order valence-corrected chi connectivity index (χ3v) is 5.74. The highest BCUT2D eigenvalue weighted by atomic mass is 16.5. The smallest absolute Gasteiger partial charge is 0.324 e. The first kappa shape index (κ1) is 21.1. The van der Waals surface area contributed by atoms with Gasteiger partial charge < -0.3 is 14.5 Å². The number of nitrogens with zero attached hydrogens (tertiary/aromatic N) is 2. The fourth-order valence-corrected chi connectivity index (χ4v) is 4.06. The lowest BCUT2D eigenvalue weighted by atomic mass is 9.87. The number of amides is 4. The molecule has 1 aliphatic heterocycles. The van der Waals surface area contributed by atoms with Crippen molar-refractivity contribution in [2.45, 2.75) is 45.4 Å². The summed E-state index contributed by atoms with van der Waals surface area (Å²) in [6.07, 6.45) is 7.70. The molecular formula is C22H31N3O4. The van der Waals surface area contributed by atoms with Crippen LogP contribution in [0.5, 0.6) is 5.75 Å². The maximum absolute atomic E-state index is 12.8. The molecule has 1 saturated heterocycles. The van der Waals surface area contributed by atoms with Gasteiger partial charge in [-0.3, -0.25) is 14.9 Å². The van der Waals surface area contributed by atoms with Crippen LogP contribution in [0.3, 0.4) is 0 Å². The average Bonchev–Trinajstić information content (AvgIpc) is 2.74. The van der Waals surface area contributed by atoms with Gasteiger partial charge in [-0.25, -0.2) is 4.79 Å². The van der Waals surface area contributed by atoms with Gasteiger partial charge in [0, 0.05) is 38.7 Å². The molecule has 0 atom stereocenters. The minimum atomic E-state index is -0.405. The molecule has 1 saturated carbocycles. The molecule has 2 fully saturated rings. The van der Waals surface area contributed by atoms with Gasteiger partial charge in [-0.05, 0) is 30.5 Å². The lowest BCUT2D eigenvalue weighted by molar-refractivity contribution is -0.118. The number of ether oxygens (including phenoxy) is 1. The van der Waals surface area contributed by atoms with Gasteiger partial charge in [0.15, 0.2) is 0 Å². The van der Waals surface area contributed by atoms with Crippen molar-refractivity contribution in [2.75, 3.05) is 32.8 Å². The van der Waals surface area contributed by atoms with Gasteiger partial charge in [0.2, 0.25) is 5.91 Å². The highest BCUT2D eigenvalue weighted by Gasteiger charge is 2.25. The zero-order valence-electron chi connectivity index (χ0n) is 17.2. The van der Waals surface area contributed by atoms with Crippen LogP contribution in [0.25, 0.3) is 0 Å². The number of rotatable bonds is 5. The predicted molar refractivity (Wildman–Crippen MR) is 110 cm³/mol. The van der Waals surface area contributed by atoms with E-state index in [1.807, 2.05) is 12.1 Å². The van der Waals surface area contributed by atoms with Gasteiger partial charge in [-0.15, -0.1) is 0 Å². The molecule has 4 amide bonds. The van der Waals surface area contributed by atoms with E-state index < -0.39 is 6.03 Å². The maximum atomic E-state index is 12.8. The van der Waals surface area contributed by atoms with Crippen molar-refractivity contribution in [3.05, 3.63) is 29.8 Å². The van der Waals surface area contributed by atoms with Crippen molar-refractivity contribution < 1.29 is 19.1 Å². The third kappa shape index (κ3) is 6.21. The number of hydrogen-bond acceptors (Lipinski definition) is 4. The molecule has 7 heteroatoms. The third-order valence-electron chi connectivity index (χ3n) is 5.74. The molecule has 0 aromatic heterocycles. The van der Waals surface area contributed by atoms with E-state index in [1.165, 1.54) is 39.0 Å². The SMILES string of the molecule is CC(=O)NC(=O)N1CCN(C(=O)c2cccc(OCCC3CCCCC3)c2)CC1. The Morgan fingerprint density at radius 1 is 1.03 bits per heavy atom. The average molecular weight is 402 g/mol. The normalized spacial score (nSPS) is 17.7. The molecule has 0 unspecified atom stereocenters. The zero-order chi connectivity index (χ0) is 20.6. The van der Waals surface area contributed by atoms with Crippen molar-refractivity contribution in [3.8, 4) is 5.75 Å². The highest BCUT2D eigenvalue weighted by Crippen LogP contribution is 2.26. The van der Waals surface area contributed by atoms with E-state index in [9.17, 15) is 14.4 Å². The van der Waals surface area contributed by atoms with Crippen LogP contribution in [0.1, 0.15) is 55.8 Å². The van der Waals surface area contributed by atoms with Crippen molar-refractivity contribution in [3.63, 3.8) is 0 Å². The van der Waals surface area contributed by atoms with Crippen LogP contribution < -0.4 is 10.1 Å². The topological polar surface area (TPSA) is 79.0 Å². The second-order valence-electron chi connectivity index (χ2n) is 7.93. The van der Waals surface area contributed by atoms with Crippen LogP contribution in [0, 0.1) is 5.92 Å². The largest absolute Gasteiger partial charge is 0.494 e. The molecule has 0 radical (unpaired) electrons. The van der Waals surface area contributed by atoms with Crippen molar-refractivity contribution in [1.29, 1.82) is 0 Å². The van der Waals surface area contributed by atoms with E-state index in [-0.39, 0.29) is 11.8 Å². The number of benzene rings is 1. The molecule has 3 rings (SSSR count). The van der Waals surface area contributed by atoms with Gasteiger partial charge in [0.25, 0.3) is 5.91 Å². The van der Waals surface area contributed by atoms with Crippen LogP contribution >= 0.6 is 0 Å². The molecule has 29 heavy (non-hydrogen) atoms. The number of hydrogen-bond donors (Lipinski definition) is 1. The monoisotopic (exact) mass is 401 g/mol. The number of carbonyl (C=O) groups excluding carboxylic acids is 3. The Bertz CT molecular complexity index is 723. The number of nitrogens with one attached hydrogen (secondary N) is 1. The molecule has 1 heterocycles. The molecule has 0 bridgehead atoms. The van der Waals surface area contributed by atoms with E-state index >= 15 is 0 Å². The molecule has 1 aromatic carbocycles. The molecule has 1 aliphatic carbocycles. The Balaban J connectivity index is 1.48. The zero-order valence-corrected chi connectivity index (χ0v) is 17.2. The van der Waals surface area contributed by atoms with Crippen LogP contribution in [0.4, 0.5) is 4.79 Å². The Labute approximate surface area is 172 Å². The van der Waals surface area contributed by atoms with E-state index in [1.54, 1.807) is 21.9 Å². The van der Waals surface area contributed by atoms with E-state index in [0.29, 0.717) is 38.3 Å². The molecule has 158 valence electrons. The van der Waals surface area contributed by atoms with Gasteiger partial charge in [0.1, 0.15) is 5.75 Å². The molecule has 2 aliphatic rings. The summed E-state index contributed by atoms with van der Waals surface area (Å²) in [5.41, 5.74) is 0.599. The molecule has 1 aromatic rings. The summed E-state index contributed by atoms with van der Waals surface area (Å²) in [6, 6.07) is 6.93. The van der Waals surface area contributed by atoms with Crippen LogP contribution in [0.15, 0.2) is 24.3 Å². The maximum Gasteiger partial charge on any atom is 0.324 e. The summed E-state index contributed by atoms with van der Waals surface area (Å²) in [4.78, 5) is 39.0. The second-order valence-corrected chi connectivity index (χ2v) is 7.93. The lowest BCUT2D eigenvalue weighted by Gasteiger charge is -2.34. The number of carbonyl (C=O) groups is 3. The minimum Gasteiger partial charge on any atom is -0.494 e. The minimum absolute atomic E-state index is 0.0608. The predicted octanol–water partition coefficient (Wildman–Crippen LogP) is 3.05. The molecule has 7 nitrogen and oxygen atoms in total. The molecular weight excluding hydrogens is 370 g/mol. The standard InChI is InChI=1S/C22H31N3O4/c1-17(26)23-22(28)25-13-11-24(12-14-25)21(27)19-8-5-9-20(16-19)29-15-10-18-6-3-2-4-7-18/h5,8-9,16,18H,2-4,6-7,10-15H2,1H3,(H,23,26,28). The number of imide groups is 1. The Hall–Kier alpha value is -2.57. The van der Waals surface area contributed by atoms with Crippen LogP contribution in [-0.2, 0) is 4.79 Å². The Morgan fingerprint density at radius 2 is 1.72 bits per heavy atom. The quantitative estimate of drug-likeness (QED) is 0.822. The van der Waals surface area contributed by atoms with Crippen molar-refractivity contribution >= 4 is 17.8 Å². The van der Waals surface area contributed by atoms with Crippen molar-refractivity contribution in [1.82, 2.24) is 15.1 Å². The number of piperazine rings is 1. The summed E-state index contributed by atoms with van der Waals surface area (Å²) in [5, 5.41) is 2.27. The first-order valence-electron chi connectivity index (χ1n) is 10.6. The van der Waals surface area contributed by atoms with Gasteiger partial charge >= 0.3 is 6.03 Å². The fraction of sp³-hybridized carbons (Fsp3) is 0.591. The second kappa shape index (κ2) is 10.3. The summed E-state index contributed by atoms with van der Waals surface area (Å²) in [5.74, 6) is 1.05. The summed E-state index contributed by atoms with van der Waals surface area (Å²) < 4.78 is 5.91. The Kier molecular flexibility index (Phi) is 7.49. The number of urea groups is 1. The highest BCUT2D eigenvalue weighted by molar-refractivity contribution is 5.95. The first-order valence-corrected chi connectivity index (χ1v) is 10.6. The summed E-state index contributed by atoms with van der Waals surface area (Å²) >= 11 is 0. The van der Waals surface area contributed by atoms with Gasteiger partial charge in [-0.1, -0.05) is 38.2 Å². The fourth-order valence-electron chi connectivity index (χ4n) is 4.06. The first-order chi connectivity index (χ1) is 14.0. The lowest BCUT2D eigenvalue weighted by Crippen LogP contribution is -2.53. The molecule has 0 spiro atoms. The summed E-state index contributed by atoms with van der Waals surface area (Å²) in [6.45, 7) is 3.69. The molecule has 1 N–H and O–H groups in total. The van der Waals surface area contributed by atoms with Crippen molar-refractivity contribution in [2.24, 2.45) is 5.92 Å².